The highest BCUT2D eigenvalue weighted by molar-refractivity contribution is 6.03. The molecule has 10 nitrogen and oxygen atoms in total. The quantitative estimate of drug-likeness (QED) is 0.654. The zero-order chi connectivity index (χ0) is 20.1. The van der Waals surface area contributed by atoms with Gasteiger partial charge in [0.05, 0.1) is 13.2 Å². The van der Waals surface area contributed by atoms with Crippen molar-refractivity contribution in [2.75, 3.05) is 13.2 Å². The number of ether oxygens (including phenoxy) is 1. The Balaban J connectivity index is 2.22. The normalized spacial score (nSPS) is 10.9. The van der Waals surface area contributed by atoms with Crippen LogP contribution >= 0.6 is 0 Å². The van der Waals surface area contributed by atoms with E-state index in [9.17, 15) is 19.2 Å². The summed E-state index contributed by atoms with van der Waals surface area (Å²) >= 11 is 0. The van der Waals surface area contributed by atoms with Crippen molar-refractivity contribution in [3.05, 3.63) is 28.0 Å². The lowest BCUT2D eigenvalue weighted by molar-refractivity contribution is -0.126. The summed E-state index contributed by atoms with van der Waals surface area (Å²) in [6.07, 6.45) is 1.15. The number of amides is 2. The standard InChI is InChI=1S/C17H22N4O6/c1-5-26-17(25)13-10(4)27-15-14(13)16(24)21(8-19-15)7-12(23)18-6-11(22)20-9(2)3/h8-9H,5-7H2,1-4H3,(H,18,23)(H,20,22). The summed E-state index contributed by atoms with van der Waals surface area (Å²) in [4.78, 5) is 52.4. The molecule has 2 amide bonds. The Kier molecular flexibility index (Phi) is 6.32. The summed E-state index contributed by atoms with van der Waals surface area (Å²) < 4.78 is 11.3. The van der Waals surface area contributed by atoms with Gasteiger partial charge in [0.25, 0.3) is 5.56 Å². The molecular weight excluding hydrogens is 356 g/mol. The zero-order valence-electron chi connectivity index (χ0n) is 15.6. The molecular formula is C17H22N4O6. The highest BCUT2D eigenvalue weighted by atomic mass is 16.5. The number of hydrogen-bond acceptors (Lipinski definition) is 7. The van der Waals surface area contributed by atoms with Crippen molar-refractivity contribution in [1.29, 1.82) is 0 Å². The van der Waals surface area contributed by atoms with Crippen LogP contribution in [-0.2, 0) is 20.9 Å². The maximum Gasteiger partial charge on any atom is 0.342 e. The number of furan rings is 1. The summed E-state index contributed by atoms with van der Waals surface area (Å²) in [6.45, 7) is 6.34. The molecule has 0 aromatic carbocycles. The van der Waals surface area contributed by atoms with E-state index in [4.69, 9.17) is 9.15 Å². The van der Waals surface area contributed by atoms with E-state index in [0.717, 1.165) is 10.9 Å². The van der Waals surface area contributed by atoms with E-state index < -0.39 is 17.4 Å². The molecule has 0 fully saturated rings. The second-order valence-corrected chi connectivity index (χ2v) is 6.11. The third kappa shape index (κ3) is 4.72. The molecule has 2 N–H and O–H groups in total. The minimum absolute atomic E-state index is 0.00424. The second kappa shape index (κ2) is 8.47. The maximum absolute atomic E-state index is 12.7. The lowest BCUT2D eigenvalue weighted by Gasteiger charge is -2.10. The molecule has 0 unspecified atom stereocenters. The minimum atomic E-state index is -0.694. The number of nitrogens with zero attached hydrogens (tertiary/aromatic N) is 2. The van der Waals surface area contributed by atoms with Gasteiger partial charge in [0.15, 0.2) is 0 Å². The third-order valence-corrected chi connectivity index (χ3v) is 3.54. The molecule has 0 radical (unpaired) electrons. The van der Waals surface area contributed by atoms with Crippen LogP contribution in [0.25, 0.3) is 11.1 Å². The topological polar surface area (TPSA) is 133 Å². The molecule has 0 bridgehead atoms. The van der Waals surface area contributed by atoms with Crippen molar-refractivity contribution < 1.29 is 23.5 Å². The van der Waals surface area contributed by atoms with Crippen LogP contribution < -0.4 is 16.2 Å². The molecule has 0 atom stereocenters. The number of nitrogens with one attached hydrogen (secondary N) is 2. The molecule has 146 valence electrons. The van der Waals surface area contributed by atoms with Crippen LogP contribution in [0, 0.1) is 6.92 Å². The van der Waals surface area contributed by atoms with Gasteiger partial charge in [-0.3, -0.25) is 19.0 Å². The molecule has 2 rings (SSSR count). The minimum Gasteiger partial charge on any atom is -0.462 e. The van der Waals surface area contributed by atoms with Gasteiger partial charge < -0.3 is 19.8 Å². The molecule has 2 aromatic rings. The summed E-state index contributed by atoms with van der Waals surface area (Å²) in [5.74, 6) is -1.37. The van der Waals surface area contributed by atoms with Gasteiger partial charge in [0, 0.05) is 6.04 Å². The van der Waals surface area contributed by atoms with Crippen molar-refractivity contribution in [1.82, 2.24) is 20.2 Å². The monoisotopic (exact) mass is 378 g/mol. The number of carbonyl (C=O) groups excluding carboxylic acids is 3. The fourth-order valence-electron chi connectivity index (χ4n) is 2.46. The van der Waals surface area contributed by atoms with Crippen molar-refractivity contribution in [2.45, 2.75) is 40.3 Å². The van der Waals surface area contributed by atoms with Crippen LogP contribution in [0.4, 0.5) is 0 Å². The molecule has 0 spiro atoms. The van der Waals surface area contributed by atoms with Crippen molar-refractivity contribution in [3.8, 4) is 0 Å². The SMILES string of the molecule is CCOC(=O)c1c(C)oc2ncn(CC(=O)NCC(=O)NC(C)C)c(=O)c12. The first-order chi connectivity index (χ1) is 12.7. The van der Waals surface area contributed by atoms with Crippen molar-refractivity contribution in [3.63, 3.8) is 0 Å². The van der Waals surface area contributed by atoms with Gasteiger partial charge in [-0.15, -0.1) is 0 Å². The Morgan fingerprint density at radius 3 is 2.63 bits per heavy atom. The van der Waals surface area contributed by atoms with Crippen LogP contribution in [0.2, 0.25) is 0 Å². The van der Waals surface area contributed by atoms with E-state index in [1.165, 1.54) is 6.92 Å². The summed E-state index contributed by atoms with van der Waals surface area (Å²) in [5.41, 5.74) is -0.620. The number of aryl methyl sites for hydroxylation is 1. The van der Waals surface area contributed by atoms with Crippen molar-refractivity contribution in [2.24, 2.45) is 0 Å². The van der Waals surface area contributed by atoms with Crippen molar-refractivity contribution >= 4 is 28.9 Å². The summed E-state index contributed by atoms with van der Waals surface area (Å²) in [7, 11) is 0. The predicted molar refractivity (Wildman–Crippen MR) is 95.3 cm³/mol. The Bertz CT molecular complexity index is 927. The number of hydrogen-bond donors (Lipinski definition) is 2. The van der Waals surface area contributed by atoms with Gasteiger partial charge in [-0.2, -0.15) is 0 Å². The van der Waals surface area contributed by atoms with Crippen LogP contribution in [0.15, 0.2) is 15.5 Å². The van der Waals surface area contributed by atoms with E-state index in [1.54, 1.807) is 20.8 Å². The van der Waals surface area contributed by atoms with Gasteiger partial charge in [-0.1, -0.05) is 0 Å². The Labute approximate surface area is 154 Å². The van der Waals surface area contributed by atoms with Crippen LogP contribution in [0.5, 0.6) is 0 Å². The lowest BCUT2D eigenvalue weighted by atomic mass is 10.2. The van der Waals surface area contributed by atoms with E-state index >= 15 is 0 Å². The van der Waals surface area contributed by atoms with E-state index in [0.29, 0.717) is 0 Å². The lowest BCUT2D eigenvalue weighted by Crippen LogP contribution is -2.41. The fraction of sp³-hybridized carbons (Fsp3) is 0.471. The van der Waals surface area contributed by atoms with Gasteiger partial charge in [-0.05, 0) is 27.7 Å². The van der Waals surface area contributed by atoms with E-state index in [1.807, 2.05) is 0 Å². The Hall–Kier alpha value is -3.17. The fourth-order valence-corrected chi connectivity index (χ4v) is 2.46. The second-order valence-electron chi connectivity index (χ2n) is 6.11. The largest absolute Gasteiger partial charge is 0.462 e. The Morgan fingerprint density at radius 1 is 1.30 bits per heavy atom. The molecule has 27 heavy (non-hydrogen) atoms. The van der Waals surface area contributed by atoms with Gasteiger partial charge >= 0.3 is 5.97 Å². The smallest absolute Gasteiger partial charge is 0.342 e. The maximum atomic E-state index is 12.7. The Morgan fingerprint density at radius 2 is 2.00 bits per heavy atom. The molecule has 0 aliphatic carbocycles. The van der Waals surface area contributed by atoms with E-state index in [2.05, 4.69) is 15.6 Å². The highest BCUT2D eigenvalue weighted by Gasteiger charge is 2.24. The van der Waals surface area contributed by atoms with Crippen LogP contribution in [0.3, 0.4) is 0 Å². The predicted octanol–water partition coefficient (Wildman–Crippen LogP) is 0.115. The molecule has 2 aromatic heterocycles. The number of fused-ring (bicyclic) bond motifs is 1. The molecule has 10 heteroatoms. The number of carbonyl (C=O) groups is 3. The van der Waals surface area contributed by atoms with Crippen LogP contribution in [0.1, 0.15) is 36.9 Å². The van der Waals surface area contributed by atoms with Gasteiger partial charge in [-0.25, -0.2) is 9.78 Å². The molecule has 0 saturated heterocycles. The molecule has 0 aliphatic heterocycles. The van der Waals surface area contributed by atoms with Gasteiger partial charge in [0.1, 0.15) is 29.6 Å². The first kappa shape index (κ1) is 20.1. The first-order valence-corrected chi connectivity index (χ1v) is 8.46. The number of esters is 1. The summed E-state index contributed by atoms with van der Waals surface area (Å²) in [6, 6.07) is -0.0470. The molecule has 2 heterocycles. The highest BCUT2D eigenvalue weighted by Crippen LogP contribution is 2.21. The zero-order valence-corrected chi connectivity index (χ0v) is 15.6. The van der Waals surface area contributed by atoms with Gasteiger partial charge in [0.2, 0.25) is 17.5 Å². The summed E-state index contributed by atoms with van der Waals surface area (Å²) in [5, 5.41) is 5.01. The molecule has 0 saturated carbocycles. The van der Waals surface area contributed by atoms with Crippen LogP contribution in [-0.4, -0.2) is 46.5 Å². The molecule has 0 aliphatic rings. The third-order valence-electron chi connectivity index (χ3n) is 3.54. The number of aromatic nitrogens is 2. The first-order valence-electron chi connectivity index (χ1n) is 8.46. The average molecular weight is 378 g/mol. The van der Waals surface area contributed by atoms with E-state index in [-0.39, 0.29) is 54.1 Å². The number of rotatable bonds is 7. The average Bonchev–Trinajstić information content (AvgIpc) is 2.92.